The van der Waals surface area contributed by atoms with Crippen molar-refractivity contribution in [1.29, 1.82) is 0 Å². The fourth-order valence-electron chi connectivity index (χ4n) is 5.03. The second-order valence-electron chi connectivity index (χ2n) is 9.03. The number of hydrogen-bond donors (Lipinski definition) is 1. The Morgan fingerprint density at radius 1 is 1.06 bits per heavy atom. The van der Waals surface area contributed by atoms with Gasteiger partial charge in [-0.25, -0.2) is 0 Å². The number of rotatable bonds is 7. The van der Waals surface area contributed by atoms with Gasteiger partial charge < -0.3 is 15.1 Å². The molecule has 0 spiro atoms. The Labute approximate surface area is 186 Å². The minimum Gasteiger partial charge on any atom is -0.350 e. The molecule has 0 aromatic carbocycles. The number of aromatic nitrogens is 2. The summed E-state index contributed by atoms with van der Waals surface area (Å²) >= 11 is 0. The van der Waals surface area contributed by atoms with Crippen molar-refractivity contribution in [2.75, 3.05) is 26.2 Å². The van der Waals surface area contributed by atoms with Gasteiger partial charge in [0.2, 0.25) is 5.91 Å². The summed E-state index contributed by atoms with van der Waals surface area (Å²) in [7, 11) is 0. The third-order valence-corrected chi connectivity index (χ3v) is 6.96. The van der Waals surface area contributed by atoms with Crippen molar-refractivity contribution < 1.29 is 4.79 Å². The molecule has 1 amide bonds. The molecule has 2 aromatic rings. The van der Waals surface area contributed by atoms with Crippen LogP contribution in [0.5, 0.6) is 0 Å². The topological polar surface area (TPSA) is 61.4 Å². The Morgan fingerprint density at radius 2 is 1.87 bits per heavy atom. The summed E-state index contributed by atoms with van der Waals surface area (Å²) in [6, 6.07) is 11.2. The number of hydrogen-bond acceptors (Lipinski definition) is 5. The lowest BCUT2D eigenvalue weighted by molar-refractivity contribution is -0.126. The van der Waals surface area contributed by atoms with E-state index in [1.165, 1.54) is 18.4 Å². The molecule has 2 aliphatic heterocycles. The molecule has 6 heteroatoms. The maximum atomic E-state index is 12.6. The highest BCUT2D eigenvalue weighted by Crippen LogP contribution is 2.25. The summed E-state index contributed by atoms with van der Waals surface area (Å²) < 4.78 is 0. The quantitative estimate of drug-likeness (QED) is 0.745. The van der Waals surface area contributed by atoms with Gasteiger partial charge in [-0.05, 0) is 89.0 Å². The largest absolute Gasteiger partial charge is 0.350 e. The van der Waals surface area contributed by atoms with E-state index in [1.54, 1.807) is 6.20 Å². The first-order valence-electron chi connectivity index (χ1n) is 11.7. The van der Waals surface area contributed by atoms with Crippen molar-refractivity contribution in [1.82, 2.24) is 25.1 Å². The van der Waals surface area contributed by atoms with Crippen LogP contribution < -0.4 is 5.32 Å². The van der Waals surface area contributed by atoms with Crippen molar-refractivity contribution >= 4 is 5.91 Å². The van der Waals surface area contributed by atoms with Crippen molar-refractivity contribution in [2.45, 2.75) is 57.7 Å². The van der Waals surface area contributed by atoms with Crippen molar-refractivity contribution in [3.05, 3.63) is 60.2 Å². The van der Waals surface area contributed by atoms with Crippen molar-refractivity contribution in [3.63, 3.8) is 0 Å². The molecule has 1 N–H and O–H groups in total. The highest BCUT2D eigenvalue weighted by atomic mass is 16.1. The Hall–Kier alpha value is -2.31. The van der Waals surface area contributed by atoms with Gasteiger partial charge in [0.25, 0.3) is 0 Å². The molecule has 2 saturated heterocycles. The standard InChI is InChI=1S/C25H35N5O/c1-20(17-21-5-4-11-26-18-21)29-15-9-24(10-16-29)30-13-7-22(8-14-30)25(31)28-19-23-6-2-3-12-27-23/h2-6,11-12,18,20,22,24H,7-10,13-17,19H2,1H3,(H,28,31)/t20-/m1/s1. The number of amides is 1. The Bertz CT molecular complexity index is 799. The summed E-state index contributed by atoms with van der Waals surface area (Å²) in [6.07, 6.45) is 11.1. The van der Waals surface area contributed by atoms with E-state index in [1.807, 2.05) is 36.7 Å². The van der Waals surface area contributed by atoms with E-state index >= 15 is 0 Å². The van der Waals surface area contributed by atoms with Gasteiger partial charge in [-0.2, -0.15) is 0 Å². The van der Waals surface area contributed by atoms with Crippen LogP contribution in [0.2, 0.25) is 0 Å². The molecule has 166 valence electrons. The fraction of sp³-hybridized carbons (Fsp3) is 0.560. The molecular formula is C25H35N5O. The van der Waals surface area contributed by atoms with Crippen LogP contribution in [-0.4, -0.2) is 63.9 Å². The van der Waals surface area contributed by atoms with Crippen LogP contribution >= 0.6 is 0 Å². The summed E-state index contributed by atoms with van der Waals surface area (Å²) in [5, 5.41) is 3.07. The highest BCUT2D eigenvalue weighted by Gasteiger charge is 2.31. The number of nitrogens with zero attached hydrogens (tertiary/aromatic N) is 4. The van der Waals surface area contributed by atoms with Gasteiger partial charge in [-0.3, -0.25) is 14.8 Å². The Morgan fingerprint density at radius 3 is 2.55 bits per heavy atom. The number of pyridine rings is 2. The van der Waals surface area contributed by atoms with Crippen LogP contribution in [0, 0.1) is 5.92 Å². The predicted octanol–water partition coefficient (Wildman–Crippen LogP) is 2.90. The molecule has 2 fully saturated rings. The van der Waals surface area contributed by atoms with Crippen LogP contribution in [0.25, 0.3) is 0 Å². The fourth-order valence-corrected chi connectivity index (χ4v) is 5.03. The van der Waals surface area contributed by atoms with E-state index in [-0.39, 0.29) is 11.8 Å². The van der Waals surface area contributed by atoms with Crippen LogP contribution in [0.15, 0.2) is 48.9 Å². The average molecular weight is 422 g/mol. The van der Waals surface area contributed by atoms with Gasteiger partial charge in [-0.15, -0.1) is 0 Å². The van der Waals surface area contributed by atoms with Gasteiger partial charge >= 0.3 is 0 Å². The second-order valence-corrected chi connectivity index (χ2v) is 9.03. The van der Waals surface area contributed by atoms with E-state index in [4.69, 9.17) is 0 Å². The molecule has 0 unspecified atom stereocenters. The van der Waals surface area contributed by atoms with E-state index in [0.717, 1.165) is 51.1 Å². The lowest BCUT2D eigenvalue weighted by Crippen LogP contribution is -2.50. The summed E-state index contributed by atoms with van der Waals surface area (Å²) in [6.45, 7) is 7.26. The first-order valence-corrected chi connectivity index (χ1v) is 11.7. The third kappa shape index (κ3) is 6.11. The SMILES string of the molecule is C[C@H](Cc1cccnc1)N1CCC(N2CCC(C(=O)NCc3ccccn3)CC2)CC1. The predicted molar refractivity (Wildman–Crippen MR) is 122 cm³/mol. The van der Waals surface area contributed by atoms with Crippen molar-refractivity contribution in [3.8, 4) is 0 Å². The molecule has 6 nitrogen and oxygen atoms in total. The Balaban J connectivity index is 1.16. The van der Waals surface area contributed by atoms with Crippen LogP contribution in [0.3, 0.4) is 0 Å². The molecule has 0 saturated carbocycles. The van der Waals surface area contributed by atoms with Gasteiger partial charge in [0, 0.05) is 36.6 Å². The van der Waals surface area contributed by atoms with Crippen molar-refractivity contribution in [2.24, 2.45) is 5.92 Å². The molecule has 31 heavy (non-hydrogen) atoms. The van der Waals surface area contributed by atoms with Crippen LogP contribution in [0.4, 0.5) is 0 Å². The third-order valence-electron chi connectivity index (χ3n) is 6.96. The first kappa shape index (κ1) is 21.9. The molecule has 1 atom stereocenters. The minimum absolute atomic E-state index is 0.138. The molecule has 0 radical (unpaired) electrons. The second kappa shape index (κ2) is 10.8. The molecule has 0 aliphatic carbocycles. The molecule has 4 rings (SSSR count). The zero-order chi connectivity index (χ0) is 21.5. The number of nitrogens with one attached hydrogen (secondary N) is 1. The number of carbonyl (C=O) groups is 1. The number of carbonyl (C=O) groups excluding carboxylic acids is 1. The molecule has 0 bridgehead atoms. The van der Waals surface area contributed by atoms with Crippen LogP contribution in [0.1, 0.15) is 43.9 Å². The molecule has 2 aromatic heterocycles. The van der Waals surface area contributed by atoms with Gasteiger partial charge in [0.05, 0.1) is 12.2 Å². The van der Waals surface area contributed by atoms with Crippen LogP contribution in [-0.2, 0) is 17.8 Å². The molecule has 2 aliphatic rings. The van der Waals surface area contributed by atoms with E-state index in [2.05, 4.69) is 38.1 Å². The van der Waals surface area contributed by atoms with Gasteiger partial charge in [0.15, 0.2) is 0 Å². The monoisotopic (exact) mass is 421 g/mol. The summed E-state index contributed by atoms with van der Waals surface area (Å²) in [5.74, 6) is 0.323. The number of piperidine rings is 2. The summed E-state index contributed by atoms with van der Waals surface area (Å²) in [4.78, 5) is 26.3. The van der Waals surface area contributed by atoms with E-state index in [9.17, 15) is 4.79 Å². The Kier molecular flexibility index (Phi) is 7.65. The zero-order valence-electron chi connectivity index (χ0n) is 18.6. The molecular weight excluding hydrogens is 386 g/mol. The lowest BCUT2D eigenvalue weighted by Gasteiger charge is -2.43. The normalized spacial score (nSPS) is 20.4. The number of likely N-dealkylation sites (tertiary alicyclic amines) is 2. The van der Waals surface area contributed by atoms with Gasteiger partial charge in [0.1, 0.15) is 0 Å². The average Bonchev–Trinajstić information content (AvgIpc) is 2.84. The maximum Gasteiger partial charge on any atom is 0.223 e. The van der Waals surface area contributed by atoms with Gasteiger partial charge in [-0.1, -0.05) is 12.1 Å². The van der Waals surface area contributed by atoms with E-state index < -0.39 is 0 Å². The maximum absolute atomic E-state index is 12.6. The highest BCUT2D eigenvalue weighted by molar-refractivity contribution is 5.78. The first-order chi connectivity index (χ1) is 15.2. The van der Waals surface area contributed by atoms with E-state index in [0.29, 0.717) is 18.6 Å². The molecule has 4 heterocycles. The zero-order valence-corrected chi connectivity index (χ0v) is 18.6. The lowest BCUT2D eigenvalue weighted by atomic mass is 9.92. The smallest absolute Gasteiger partial charge is 0.223 e. The minimum atomic E-state index is 0.138. The summed E-state index contributed by atoms with van der Waals surface area (Å²) in [5.41, 5.74) is 2.23.